The van der Waals surface area contributed by atoms with Crippen molar-refractivity contribution in [3.63, 3.8) is 0 Å². The largest absolute Gasteiger partial charge is 0.381 e. The van der Waals surface area contributed by atoms with Crippen LogP contribution in [-0.4, -0.2) is 33.3 Å². The van der Waals surface area contributed by atoms with E-state index in [2.05, 4.69) is 21.9 Å². The number of rotatable bonds is 9. The molecule has 1 aromatic carbocycles. The monoisotopic (exact) mass is 377 g/mol. The summed E-state index contributed by atoms with van der Waals surface area (Å²) >= 11 is 0. The van der Waals surface area contributed by atoms with Crippen LogP contribution in [0.25, 0.3) is 0 Å². The quantitative estimate of drug-likeness (QED) is 0.455. The van der Waals surface area contributed by atoms with E-state index in [-0.39, 0.29) is 17.5 Å². The summed E-state index contributed by atoms with van der Waals surface area (Å²) in [6.07, 6.45) is 8.41. The minimum atomic E-state index is -3.52. The van der Waals surface area contributed by atoms with Crippen molar-refractivity contribution in [3.05, 3.63) is 30.4 Å². The van der Waals surface area contributed by atoms with Gasteiger partial charge in [0.05, 0.1) is 16.3 Å². The van der Waals surface area contributed by atoms with Gasteiger partial charge in [0, 0.05) is 24.2 Å². The molecular weight excluding hydrogens is 350 g/mol. The third kappa shape index (κ3) is 5.08. The van der Waals surface area contributed by atoms with E-state index >= 15 is 0 Å². The number of aldehydes is 1. The lowest BCUT2D eigenvalue weighted by Gasteiger charge is -2.25. The van der Waals surface area contributed by atoms with E-state index in [1.54, 1.807) is 12.1 Å². The number of carbonyl (C=O) groups is 1. The van der Waals surface area contributed by atoms with Crippen molar-refractivity contribution >= 4 is 27.7 Å². The summed E-state index contributed by atoms with van der Waals surface area (Å²) in [4.78, 5) is 11.1. The van der Waals surface area contributed by atoms with E-state index in [1.807, 2.05) is 6.07 Å². The Kier molecular flexibility index (Phi) is 5.98. The minimum Gasteiger partial charge on any atom is -0.381 e. The molecule has 0 aromatic heterocycles. The van der Waals surface area contributed by atoms with Gasteiger partial charge in [-0.2, -0.15) is 0 Å². The topological polar surface area (TPSA) is 87.3 Å². The van der Waals surface area contributed by atoms with Gasteiger partial charge >= 0.3 is 0 Å². The third-order valence-electron chi connectivity index (χ3n) is 4.84. The van der Waals surface area contributed by atoms with Crippen molar-refractivity contribution in [1.82, 2.24) is 4.72 Å². The first-order valence-corrected chi connectivity index (χ1v) is 10.8. The third-order valence-corrected chi connectivity index (χ3v) is 6.36. The van der Waals surface area contributed by atoms with E-state index < -0.39 is 10.0 Å². The van der Waals surface area contributed by atoms with Gasteiger partial charge in [-0.15, -0.1) is 0 Å². The molecule has 142 valence electrons. The van der Waals surface area contributed by atoms with E-state index in [4.69, 9.17) is 0 Å². The van der Waals surface area contributed by atoms with Gasteiger partial charge in [-0.3, -0.25) is 4.79 Å². The smallest absolute Gasteiger partial charge is 0.240 e. The highest BCUT2D eigenvalue weighted by Gasteiger charge is 2.28. The fraction of sp³-hybridized carbons (Fsp3) is 0.526. The normalized spacial score (nSPS) is 18.3. The summed E-state index contributed by atoms with van der Waals surface area (Å²) in [6, 6.07) is 5.53. The number of carbonyl (C=O) groups excluding carboxylic acids is 1. The van der Waals surface area contributed by atoms with Gasteiger partial charge in [0.15, 0.2) is 0 Å². The molecule has 0 bridgehead atoms. The van der Waals surface area contributed by atoms with Crippen molar-refractivity contribution in [1.29, 1.82) is 0 Å². The Bertz CT molecular complexity index is 766. The Morgan fingerprint density at radius 2 is 1.81 bits per heavy atom. The molecule has 0 aliphatic heterocycles. The maximum atomic E-state index is 12.5. The summed E-state index contributed by atoms with van der Waals surface area (Å²) in [5.41, 5.74) is 1.95. The summed E-state index contributed by atoms with van der Waals surface area (Å²) in [5, 5.41) is 6.68. The zero-order valence-electron chi connectivity index (χ0n) is 15.0. The van der Waals surface area contributed by atoms with Gasteiger partial charge in [-0.05, 0) is 43.9 Å². The number of hydrogen-bond acceptors (Lipinski definition) is 5. The standard InChI is InChI=1S/C19H27N3O3S/c1-14(13-23)12-20-19-11-17(26(24,25)22-16-7-8-16)9-10-18(19)21-15-5-3-2-4-6-15/h9-11,13,15-16,20-22H,1-8,12H2. The highest BCUT2D eigenvalue weighted by atomic mass is 32.2. The maximum Gasteiger partial charge on any atom is 0.240 e. The van der Waals surface area contributed by atoms with Crippen LogP contribution in [0.15, 0.2) is 35.2 Å². The number of sulfonamides is 1. The Hall–Kier alpha value is -1.86. The Morgan fingerprint density at radius 3 is 2.46 bits per heavy atom. The van der Waals surface area contributed by atoms with Crippen LogP contribution in [0.2, 0.25) is 0 Å². The molecule has 1 aromatic rings. The number of hydrogen-bond donors (Lipinski definition) is 3. The van der Waals surface area contributed by atoms with Gasteiger partial charge in [0.2, 0.25) is 10.0 Å². The SMILES string of the molecule is C=C(C=O)CNc1cc(S(=O)(=O)NC2CC2)ccc1NC1CCCCC1. The summed E-state index contributed by atoms with van der Waals surface area (Å²) in [5.74, 6) is 0. The highest BCUT2D eigenvalue weighted by molar-refractivity contribution is 7.89. The van der Waals surface area contributed by atoms with Gasteiger partial charge in [0.25, 0.3) is 0 Å². The molecule has 0 heterocycles. The van der Waals surface area contributed by atoms with Crippen LogP contribution in [0.3, 0.4) is 0 Å². The molecule has 0 unspecified atom stereocenters. The van der Waals surface area contributed by atoms with E-state index in [0.717, 1.165) is 31.4 Å². The average Bonchev–Trinajstić information content (AvgIpc) is 3.44. The van der Waals surface area contributed by atoms with Crippen LogP contribution in [0, 0.1) is 0 Å². The fourth-order valence-corrected chi connectivity index (χ4v) is 4.50. The fourth-order valence-electron chi connectivity index (χ4n) is 3.17. The van der Waals surface area contributed by atoms with Crippen molar-refractivity contribution in [2.24, 2.45) is 0 Å². The molecule has 3 N–H and O–H groups in total. The predicted molar refractivity (Wildman–Crippen MR) is 104 cm³/mol. The maximum absolute atomic E-state index is 12.5. The zero-order valence-corrected chi connectivity index (χ0v) is 15.8. The zero-order chi connectivity index (χ0) is 18.6. The van der Waals surface area contributed by atoms with E-state index in [0.29, 0.717) is 23.6 Å². The first-order valence-electron chi connectivity index (χ1n) is 9.27. The lowest BCUT2D eigenvalue weighted by Crippen LogP contribution is -2.26. The minimum absolute atomic E-state index is 0.0614. The number of benzene rings is 1. The summed E-state index contributed by atoms with van der Waals surface area (Å²) < 4.78 is 27.7. The molecule has 2 aliphatic rings. The number of nitrogens with one attached hydrogen (secondary N) is 3. The summed E-state index contributed by atoms with van der Waals surface area (Å²) in [6.45, 7) is 3.95. The number of anilines is 2. The van der Waals surface area contributed by atoms with Crippen LogP contribution in [0.1, 0.15) is 44.9 Å². The Morgan fingerprint density at radius 1 is 1.08 bits per heavy atom. The van der Waals surface area contributed by atoms with E-state index in [1.165, 1.54) is 19.3 Å². The predicted octanol–water partition coefficient (Wildman–Crippen LogP) is 3.04. The Labute approximate surface area is 155 Å². The van der Waals surface area contributed by atoms with Crippen molar-refractivity contribution < 1.29 is 13.2 Å². The average molecular weight is 378 g/mol. The Balaban J connectivity index is 1.81. The van der Waals surface area contributed by atoms with Crippen LogP contribution in [0.5, 0.6) is 0 Å². The second-order valence-corrected chi connectivity index (χ2v) is 8.93. The van der Waals surface area contributed by atoms with Crippen LogP contribution >= 0.6 is 0 Å². The lowest BCUT2D eigenvalue weighted by molar-refractivity contribution is -0.104. The molecule has 2 saturated carbocycles. The first-order chi connectivity index (χ1) is 12.5. The molecule has 3 rings (SSSR count). The van der Waals surface area contributed by atoms with Crippen molar-refractivity contribution in [2.75, 3.05) is 17.2 Å². The van der Waals surface area contributed by atoms with E-state index in [9.17, 15) is 13.2 Å². The van der Waals surface area contributed by atoms with Crippen LogP contribution in [-0.2, 0) is 14.8 Å². The molecule has 2 fully saturated rings. The lowest BCUT2D eigenvalue weighted by atomic mass is 9.95. The molecule has 0 atom stereocenters. The molecule has 26 heavy (non-hydrogen) atoms. The van der Waals surface area contributed by atoms with Gasteiger partial charge in [0.1, 0.15) is 6.29 Å². The molecule has 0 amide bonds. The van der Waals surface area contributed by atoms with Crippen molar-refractivity contribution in [3.8, 4) is 0 Å². The molecule has 0 radical (unpaired) electrons. The molecular formula is C19H27N3O3S. The second-order valence-electron chi connectivity index (χ2n) is 7.21. The molecule has 0 saturated heterocycles. The summed E-state index contributed by atoms with van der Waals surface area (Å²) in [7, 11) is -3.52. The molecule has 0 spiro atoms. The molecule has 7 heteroatoms. The molecule has 2 aliphatic carbocycles. The van der Waals surface area contributed by atoms with Gasteiger partial charge in [-0.1, -0.05) is 25.8 Å². The highest BCUT2D eigenvalue weighted by Crippen LogP contribution is 2.30. The van der Waals surface area contributed by atoms with Gasteiger partial charge in [-0.25, -0.2) is 13.1 Å². The van der Waals surface area contributed by atoms with Gasteiger partial charge < -0.3 is 10.6 Å². The van der Waals surface area contributed by atoms with Crippen LogP contribution < -0.4 is 15.4 Å². The van der Waals surface area contributed by atoms with Crippen LogP contribution in [0.4, 0.5) is 11.4 Å². The van der Waals surface area contributed by atoms with Crippen molar-refractivity contribution in [2.45, 2.75) is 61.9 Å². The molecule has 6 nitrogen and oxygen atoms in total. The first kappa shape index (κ1) is 18.9. The second kappa shape index (κ2) is 8.22.